The van der Waals surface area contributed by atoms with Gasteiger partial charge in [0, 0.05) is 6.54 Å². The summed E-state index contributed by atoms with van der Waals surface area (Å²) >= 11 is 5.54. The van der Waals surface area contributed by atoms with Crippen LogP contribution in [-0.2, 0) is 0 Å². The number of hydrogen-bond donors (Lipinski definition) is 0. The Morgan fingerprint density at radius 3 is 3.08 bits per heavy atom. The fourth-order valence-electron chi connectivity index (χ4n) is 1.57. The Balaban J connectivity index is 2.11. The Hall–Kier alpha value is -0.0200. The minimum Gasteiger partial charge on any atom is -0.351 e. The van der Waals surface area contributed by atoms with Gasteiger partial charge in [-0.1, -0.05) is 15.9 Å². The van der Waals surface area contributed by atoms with E-state index in [1.54, 1.807) is 0 Å². The lowest BCUT2D eigenvalue weighted by Crippen LogP contribution is -2.34. The molecule has 3 heteroatoms. The first-order valence-corrected chi connectivity index (χ1v) is 6.11. The molecule has 1 aromatic heterocycles. The number of halogens is 1. The van der Waals surface area contributed by atoms with E-state index in [1.807, 2.05) is 11.3 Å². The van der Waals surface area contributed by atoms with E-state index in [-0.39, 0.29) is 0 Å². The SMILES string of the molecule is BrC1CCCCN1c1cccs1. The second kappa shape index (κ2) is 3.79. The molecular formula is C9H12BrNS. The molecule has 1 aromatic rings. The fraction of sp³-hybridized carbons (Fsp3) is 0.556. The van der Waals surface area contributed by atoms with E-state index in [0.717, 1.165) is 0 Å². The predicted molar refractivity (Wildman–Crippen MR) is 58.2 cm³/mol. The first-order valence-electron chi connectivity index (χ1n) is 4.32. The van der Waals surface area contributed by atoms with Gasteiger partial charge in [0.15, 0.2) is 0 Å². The van der Waals surface area contributed by atoms with Gasteiger partial charge in [0.05, 0.1) is 9.95 Å². The van der Waals surface area contributed by atoms with E-state index >= 15 is 0 Å². The van der Waals surface area contributed by atoms with Crippen LogP contribution in [0, 0.1) is 0 Å². The van der Waals surface area contributed by atoms with Crippen LogP contribution in [0.4, 0.5) is 5.00 Å². The number of rotatable bonds is 1. The number of piperidine rings is 1. The highest BCUT2D eigenvalue weighted by Crippen LogP contribution is 2.30. The van der Waals surface area contributed by atoms with Gasteiger partial charge in [-0.15, -0.1) is 11.3 Å². The molecule has 1 aliphatic heterocycles. The highest BCUT2D eigenvalue weighted by Gasteiger charge is 2.19. The van der Waals surface area contributed by atoms with Crippen molar-refractivity contribution >= 4 is 32.3 Å². The van der Waals surface area contributed by atoms with Gasteiger partial charge in [-0.25, -0.2) is 0 Å². The van der Waals surface area contributed by atoms with Crippen LogP contribution in [0.1, 0.15) is 19.3 Å². The summed E-state index contributed by atoms with van der Waals surface area (Å²) in [6.45, 7) is 1.20. The lowest BCUT2D eigenvalue weighted by atomic mass is 10.1. The van der Waals surface area contributed by atoms with Crippen molar-refractivity contribution in [2.45, 2.75) is 24.2 Å². The molecule has 66 valence electrons. The van der Waals surface area contributed by atoms with Gasteiger partial charge < -0.3 is 4.90 Å². The second-order valence-corrected chi connectivity index (χ2v) is 5.06. The molecule has 1 fully saturated rings. The summed E-state index contributed by atoms with van der Waals surface area (Å²) in [5.41, 5.74) is 0. The summed E-state index contributed by atoms with van der Waals surface area (Å²) < 4.78 is 0. The maximum absolute atomic E-state index is 3.71. The van der Waals surface area contributed by atoms with Gasteiger partial charge in [-0.3, -0.25) is 0 Å². The molecule has 1 atom stereocenters. The molecule has 0 aromatic carbocycles. The van der Waals surface area contributed by atoms with Gasteiger partial charge in [0.2, 0.25) is 0 Å². The van der Waals surface area contributed by atoms with Crippen LogP contribution in [0.3, 0.4) is 0 Å². The molecule has 2 heterocycles. The minimum atomic E-state index is 0.560. The van der Waals surface area contributed by atoms with E-state index < -0.39 is 0 Å². The lowest BCUT2D eigenvalue weighted by molar-refractivity contribution is 0.559. The molecule has 1 aliphatic rings. The molecule has 0 bridgehead atoms. The van der Waals surface area contributed by atoms with Crippen molar-refractivity contribution in [3.63, 3.8) is 0 Å². The molecule has 0 N–H and O–H groups in total. The fourth-order valence-corrected chi connectivity index (χ4v) is 3.26. The molecule has 0 saturated carbocycles. The van der Waals surface area contributed by atoms with E-state index in [9.17, 15) is 0 Å². The molecule has 1 nitrogen and oxygen atoms in total. The van der Waals surface area contributed by atoms with Gasteiger partial charge in [-0.2, -0.15) is 0 Å². The number of anilines is 1. The summed E-state index contributed by atoms with van der Waals surface area (Å²) in [5, 5.41) is 3.54. The van der Waals surface area contributed by atoms with Crippen LogP contribution in [-0.4, -0.2) is 11.5 Å². The quantitative estimate of drug-likeness (QED) is 0.541. The number of nitrogens with zero attached hydrogens (tertiary/aromatic N) is 1. The third-order valence-electron chi connectivity index (χ3n) is 2.22. The minimum absolute atomic E-state index is 0.560. The Bertz CT molecular complexity index is 235. The van der Waals surface area contributed by atoms with Crippen LogP contribution in [0.15, 0.2) is 17.5 Å². The Labute approximate surface area is 85.5 Å². The van der Waals surface area contributed by atoms with Crippen molar-refractivity contribution in [3.8, 4) is 0 Å². The number of hydrogen-bond acceptors (Lipinski definition) is 2. The normalized spacial score (nSPS) is 24.4. The zero-order chi connectivity index (χ0) is 8.39. The van der Waals surface area contributed by atoms with Crippen LogP contribution >= 0.6 is 27.3 Å². The number of alkyl halides is 1. The van der Waals surface area contributed by atoms with Gasteiger partial charge in [0.25, 0.3) is 0 Å². The number of thiophene rings is 1. The Kier molecular flexibility index (Phi) is 2.71. The summed E-state index contributed by atoms with van der Waals surface area (Å²) in [6.07, 6.45) is 3.97. The molecule has 2 rings (SSSR count). The average molecular weight is 246 g/mol. The maximum Gasteiger partial charge on any atom is 0.0917 e. The predicted octanol–water partition coefficient (Wildman–Crippen LogP) is 3.46. The summed E-state index contributed by atoms with van der Waals surface area (Å²) in [7, 11) is 0. The van der Waals surface area contributed by atoms with Crippen molar-refractivity contribution in [3.05, 3.63) is 17.5 Å². The van der Waals surface area contributed by atoms with E-state index in [1.165, 1.54) is 30.8 Å². The first kappa shape index (κ1) is 8.57. The van der Waals surface area contributed by atoms with Crippen molar-refractivity contribution in [1.82, 2.24) is 0 Å². The standard InChI is InChI=1S/C9H12BrNS/c10-8-4-1-2-6-11(8)9-5-3-7-12-9/h3,5,7-8H,1-2,4,6H2. The van der Waals surface area contributed by atoms with Crippen LogP contribution in [0.25, 0.3) is 0 Å². The van der Waals surface area contributed by atoms with E-state index in [0.29, 0.717) is 4.95 Å². The monoisotopic (exact) mass is 245 g/mol. The summed E-state index contributed by atoms with van der Waals surface area (Å²) in [6, 6.07) is 4.32. The molecule has 0 spiro atoms. The van der Waals surface area contributed by atoms with Gasteiger partial charge in [-0.05, 0) is 36.8 Å². The van der Waals surface area contributed by atoms with Crippen LogP contribution in [0.5, 0.6) is 0 Å². The molecule has 0 amide bonds. The van der Waals surface area contributed by atoms with Gasteiger partial charge in [0.1, 0.15) is 0 Å². The van der Waals surface area contributed by atoms with Gasteiger partial charge >= 0.3 is 0 Å². The Morgan fingerprint density at radius 2 is 2.42 bits per heavy atom. The smallest absolute Gasteiger partial charge is 0.0917 e. The molecule has 12 heavy (non-hydrogen) atoms. The van der Waals surface area contributed by atoms with E-state index in [2.05, 4.69) is 38.3 Å². The first-order chi connectivity index (χ1) is 5.88. The van der Waals surface area contributed by atoms with E-state index in [4.69, 9.17) is 0 Å². The lowest BCUT2D eigenvalue weighted by Gasteiger charge is -2.32. The van der Waals surface area contributed by atoms with Crippen molar-refractivity contribution in [2.75, 3.05) is 11.4 Å². The van der Waals surface area contributed by atoms with Crippen LogP contribution < -0.4 is 4.90 Å². The summed E-state index contributed by atoms with van der Waals surface area (Å²) in [4.78, 5) is 3.01. The second-order valence-electron chi connectivity index (χ2n) is 3.07. The average Bonchev–Trinajstić information content (AvgIpc) is 2.57. The zero-order valence-corrected chi connectivity index (χ0v) is 9.27. The third-order valence-corrected chi connectivity index (χ3v) is 4.08. The molecule has 0 aliphatic carbocycles. The topological polar surface area (TPSA) is 3.24 Å². The third kappa shape index (κ3) is 1.67. The van der Waals surface area contributed by atoms with Crippen molar-refractivity contribution in [2.24, 2.45) is 0 Å². The maximum atomic E-state index is 3.71. The molecular weight excluding hydrogens is 234 g/mol. The van der Waals surface area contributed by atoms with Crippen molar-refractivity contribution in [1.29, 1.82) is 0 Å². The zero-order valence-electron chi connectivity index (χ0n) is 6.87. The van der Waals surface area contributed by atoms with Crippen LogP contribution in [0.2, 0.25) is 0 Å². The summed E-state index contributed by atoms with van der Waals surface area (Å²) in [5.74, 6) is 0. The van der Waals surface area contributed by atoms with Crippen molar-refractivity contribution < 1.29 is 0 Å². The largest absolute Gasteiger partial charge is 0.351 e. The molecule has 0 radical (unpaired) electrons. The molecule has 1 unspecified atom stereocenters. The Morgan fingerprint density at radius 1 is 1.50 bits per heavy atom. The highest BCUT2D eigenvalue weighted by molar-refractivity contribution is 9.09. The highest BCUT2D eigenvalue weighted by atomic mass is 79.9. The molecule has 1 saturated heterocycles.